The molecule has 1 aromatic rings. The van der Waals surface area contributed by atoms with Crippen molar-refractivity contribution in [1.29, 1.82) is 0 Å². The number of hydrogen-bond donors (Lipinski definition) is 2. The molecule has 102 valence electrons. The fourth-order valence-corrected chi connectivity index (χ4v) is 2.53. The Bertz CT molecular complexity index is 393. The highest BCUT2D eigenvalue weighted by atomic mass is 32.1. The van der Waals surface area contributed by atoms with Gasteiger partial charge in [0.25, 0.3) is 5.91 Å². The monoisotopic (exact) mass is 271 g/mol. The van der Waals surface area contributed by atoms with Crippen molar-refractivity contribution in [2.45, 2.75) is 20.4 Å². The van der Waals surface area contributed by atoms with Gasteiger partial charge in [-0.2, -0.15) is 0 Å². The van der Waals surface area contributed by atoms with E-state index < -0.39 is 0 Å². The summed E-state index contributed by atoms with van der Waals surface area (Å²) < 4.78 is 5.31. The van der Waals surface area contributed by atoms with E-state index in [1.807, 2.05) is 27.0 Å². The number of ether oxygens (including phenoxy) is 1. The number of aryl methyl sites for hydroxylation is 1. The number of nitrogens with two attached hydrogens (primary N) is 1. The molecule has 0 unspecified atom stereocenters. The first-order chi connectivity index (χ1) is 8.58. The first-order valence-electron chi connectivity index (χ1n) is 5.95. The number of nitrogen functional groups attached to an aromatic ring is 1. The summed E-state index contributed by atoms with van der Waals surface area (Å²) in [5.74, 6) is 4.90. The molecule has 0 atom stereocenters. The van der Waals surface area contributed by atoms with Crippen molar-refractivity contribution in [2.24, 2.45) is 5.84 Å². The van der Waals surface area contributed by atoms with Crippen molar-refractivity contribution in [3.05, 3.63) is 21.4 Å². The summed E-state index contributed by atoms with van der Waals surface area (Å²) in [4.78, 5) is 15.4. The maximum absolute atomic E-state index is 11.4. The van der Waals surface area contributed by atoms with E-state index >= 15 is 0 Å². The molecule has 0 bridgehead atoms. The molecule has 3 N–H and O–H groups in total. The van der Waals surface area contributed by atoms with Crippen molar-refractivity contribution in [1.82, 2.24) is 10.3 Å². The summed E-state index contributed by atoms with van der Waals surface area (Å²) in [6.07, 6.45) is 0. The van der Waals surface area contributed by atoms with Crippen LogP contribution in [0.25, 0.3) is 0 Å². The van der Waals surface area contributed by atoms with Crippen molar-refractivity contribution in [3.63, 3.8) is 0 Å². The van der Waals surface area contributed by atoms with Crippen LogP contribution in [0.3, 0.4) is 0 Å². The average Bonchev–Trinajstić information content (AvgIpc) is 2.70. The molecule has 6 heteroatoms. The summed E-state index contributed by atoms with van der Waals surface area (Å²) in [5.41, 5.74) is 3.32. The molecule has 0 fully saturated rings. The predicted octanol–water partition coefficient (Wildman–Crippen LogP) is 1.13. The lowest BCUT2D eigenvalue weighted by atomic mass is 10.2. The van der Waals surface area contributed by atoms with Gasteiger partial charge in [-0.25, -0.2) is 5.84 Å². The molecule has 0 aromatic carbocycles. The van der Waals surface area contributed by atoms with Gasteiger partial charge in [0.2, 0.25) is 0 Å². The smallest absolute Gasteiger partial charge is 0.275 e. The van der Waals surface area contributed by atoms with Crippen LogP contribution >= 0.6 is 11.3 Å². The number of nitrogens with one attached hydrogen (secondary N) is 1. The molecule has 0 aliphatic rings. The second-order valence-corrected chi connectivity index (χ2v) is 5.36. The van der Waals surface area contributed by atoms with Crippen LogP contribution in [0.15, 0.2) is 6.07 Å². The van der Waals surface area contributed by atoms with Gasteiger partial charge < -0.3 is 4.74 Å². The number of likely N-dealkylation sites (N-methyl/N-ethyl adjacent to an activating group) is 1. The number of hydrogen-bond acceptors (Lipinski definition) is 5. The molecule has 18 heavy (non-hydrogen) atoms. The van der Waals surface area contributed by atoms with Crippen molar-refractivity contribution in [3.8, 4) is 0 Å². The number of amides is 1. The molecule has 1 rings (SSSR count). The van der Waals surface area contributed by atoms with E-state index in [1.54, 1.807) is 0 Å². The quantitative estimate of drug-likeness (QED) is 0.338. The van der Waals surface area contributed by atoms with E-state index in [9.17, 15) is 4.79 Å². The maximum Gasteiger partial charge on any atom is 0.275 e. The minimum absolute atomic E-state index is 0.230. The van der Waals surface area contributed by atoms with Crippen LogP contribution in [0.5, 0.6) is 0 Å². The first-order valence-corrected chi connectivity index (χ1v) is 6.76. The van der Waals surface area contributed by atoms with E-state index in [0.29, 0.717) is 4.88 Å². The molecular formula is C12H21N3O2S. The zero-order valence-electron chi connectivity index (χ0n) is 11.2. The summed E-state index contributed by atoms with van der Waals surface area (Å²) >= 11 is 1.47. The number of carbonyl (C=O) groups excluding carboxylic acids is 1. The van der Waals surface area contributed by atoms with Gasteiger partial charge in [0, 0.05) is 24.6 Å². The highest BCUT2D eigenvalue weighted by Crippen LogP contribution is 2.22. The van der Waals surface area contributed by atoms with Crippen molar-refractivity contribution >= 4 is 17.2 Å². The van der Waals surface area contributed by atoms with Crippen LogP contribution in [-0.4, -0.2) is 37.6 Å². The third-order valence-corrected chi connectivity index (χ3v) is 3.73. The lowest BCUT2D eigenvalue weighted by Gasteiger charge is -2.16. The Kier molecular flexibility index (Phi) is 6.28. The fraction of sp³-hybridized carbons (Fsp3) is 0.583. The molecule has 5 nitrogen and oxygen atoms in total. The van der Waals surface area contributed by atoms with E-state index in [1.165, 1.54) is 11.3 Å². The van der Waals surface area contributed by atoms with E-state index in [0.717, 1.165) is 36.7 Å². The number of hydrazine groups is 1. The standard InChI is InChI=1S/C12H21N3O2S/c1-4-17-6-5-15(3)8-10-7-11(12(16)14-13)18-9(10)2/h7H,4-6,8,13H2,1-3H3,(H,14,16). The van der Waals surface area contributed by atoms with E-state index in [-0.39, 0.29) is 5.91 Å². The molecule has 0 aliphatic carbocycles. The van der Waals surface area contributed by atoms with Crippen LogP contribution < -0.4 is 11.3 Å². The van der Waals surface area contributed by atoms with Crippen molar-refractivity contribution < 1.29 is 9.53 Å². The van der Waals surface area contributed by atoms with Crippen LogP contribution in [0.2, 0.25) is 0 Å². The number of rotatable bonds is 7. The van der Waals surface area contributed by atoms with Gasteiger partial charge in [-0.15, -0.1) is 11.3 Å². The predicted molar refractivity (Wildman–Crippen MR) is 73.5 cm³/mol. The van der Waals surface area contributed by atoms with Gasteiger partial charge in [0.15, 0.2) is 0 Å². The topological polar surface area (TPSA) is 67.6 Å². The summed E-state index contributed by atoms with van der Waals surface area (Å²) in [6.45, 7) is 7.16. The van der Waals surface area contributed by atoms with Gasteiger partial charge >= 0.3 is 0 Å². The zero-order valence-corrected chi connectivity index (χ0v) is 12.0. The number of carbonyl (C=O) groups is 1. The Morgan fingerprint density at radius 1 is 1.61 bits per heavy atom. The zero-order chi connectivity index (χ0) is 13.5. The molecule has 0 saturated carbocycles. The Hall–Kier alpha value is -0.950. The van der Waals surface area contributed by atoms with Crippen LogP contribution in [-0.2, 0) is 11.3 Å². The van der Waals surface area contributed by atoms with Gasteiger partial charge in [0.1, 0.15) is 0 Å². The Balaban J connectivity index is 2.56. The van der Waals surface area contributed by atoms with E-state index in [4.69, 9.17) is 10.6 Å². The fourth-order valence-electron chi connectivity index (χ4n) is 1.59. The van der Waals surface area contributed by atoms with Crippen LogP contribution in [0, 0.1) is 6.92 Å². The minimum Gasteiger partial charge on any atom is -0.380 e. The molecule has 0 spiro atoms. The van der Waals surface area contributed by atoms with Gasteiger partial charge in [-0.05, 0) is 32.5 Å². The maximum atomic E-state index is 11.4. The molecule has 1 heterocycles. The number of thiophene rings is 1. The molecular weight excluding hydrogens is 250 g/mol. The molecule has 0 saturated heterocycles. The average molecular weight is 271 g/mol. The second kappa shape index (κ2) is 7.48. The largest absolute Gasteiger partial charge is 0.380 e. The molecule has 1 amide bonds. The van der Waals surface area contributed by atoms with Crippen molar-refractivity contribution in [2.75, 3.05) is 26.8 Å². The molecule has 0 radical (unpaired) electrons. The third-order valence-electron chi connectivity index (χ3n) is 2.64. The first kappa shape index (κ1) is 15.1. The summed E-state index contributed by atoms with van der Waals surface area (Å²) in [7, 11) is 2.04. The Labute approximate surface area is 112 Å². The Morgan fingerprint density at radius 3 is 2.94 bits per heavy atom. The molecule has 0 aliphatic heterocycles. The minimum atomic E-state index is -0.230. The highest BCUT2D eigenvalue weighted by Gasteiger charge is 2.12. The lowest BCUT2D eigenvalue weighted by molar-refractivity contribution is 0.0957. The van der Waals surface area contributed by atoms with Crippen LogP contribution in [0.1, 0.15) is 27.0 Å². The summed E-state index contributed by atoms with van der Waals surface area (Å²) in [6, 6.07) is 1.90. The third kappa shape index (κ3) is 4.38. The van der Waals surface area contributed by atoms with Crippen LogP contribution in [0.4, 0.5) is 0 Å². The van der Waals surface area contributed by atoms with E-state index in [2.05, 4.69) is 10.3 Å². The molecule has 1 aromatic heterocycles. The van der Waals surface area contributed by atoms with Gasteiger partial charge in [-0.1, -0.05) is 0 Å². The normalized spacial score (nSPS) is 10.9. The lowest BCUT2D eigenvalue weighted by Crippen LogP contribution is -2.29. The summed E-state index contributed by atoms with van der Waals surface area (Å²) in [5, 5.41) is 0. The Morgan fingerprint density at radius 2 is 2.33 bits per heavy atom. The SMILES string of the molecule is CCOCCN(C)Cc1cc(C(=O)NN)sc1C. The highest BCUT2D eigenvalue weighted by molar-refractivity contribution is 7.14. The van der Waals surface area contributed by atoms with Gasteiger partial charge in [0.05, 0.1) is 11.5 Å². The second-order valence-electron chi connectivity index (χ2n) is 4.10. The van der Waals surface area contributed by atoms with Gasteiger partial charge in [-0.3, -0.25) is 15.1 Å². The number of nitrogens with zero attached hydrogens (tertiary/aromatic N) is 1.